The van der Waals surface area contributed by atoms with Crippen molar-refractivity contribution in [1.29, 1.82) is 0 Å². The van der Waals surface area contributed by atoms with Crippen LogP contribution >= 0.6 is 11.3 Å². The normalized spacial score (nSPS) is 27.6. The van der Waals surface area contributed by atoms with Crippen molar-refractivity contribution in [3.8, 4) is 0 Å². The summed E-state index contributed by atoms with van der Waals surface area (Å²) < 4.78 is 28.0. The second-order valence-electron chi connectivity index (χ2n) is 6.99. The summed E-state index contributed by atoms with van der Waals surface area (Å²) in [6.45, 7) is 4.25. The molecule has 0 aromatic carbocycles. The lowest BCUT2D eigenvalue weighted by Crippen LogP contribution is -2.62. The van der Waals surface area contributed by atoms with E-state index in [1.54, 1.807) is 15.3 Å². The van der Waals surface area contributed by atoms with Gasteiger partial charge in [0.2, 0.25) is 5.91 Å². The largest absolute Gasteiger partial charge is 0.346 e. The van der Waals surface area contributed by atoms with Crippen LogP contribution in [0, 0.1) is 6.92 Å². The lowest BCUT2D eigenvalue weighted by atomic mass is 9.87. The maximum absolute atomic E-state index is 13.0. The van der Waals surface area contributed by atoms with Crippen molar-refractivity contribution in [3.05, 3.63) is 17.0 Å². The molecule has 24 heavy (non-hydrogen) atoms. The molecule has 1 spiro atoms. The fourth-order valence-corrected chi connectivity index (χ4v) is 6.49. The number of hydrogen-bond acceptors (Lipinski definition) is 5. The van der Waals surface area contributed by atoms with Gasteiger partial charge in [-0.25, -0.2) is 8.42 Å². The Hall–Kier alpha value is -0.960. The fraction of sp³-hybridized carbons (Fsp3) is 0.688. The van der Waals surface area contributed by atoms with Gasteiger partial charge in [-0.2, -0.15) is 4.31 Å². The SMILES string of the molecule is Cc1csc(S(=O)(=O)N2CCN(C)[C@]3(CCC(=O)N(C)CC3)C2)c1. The first kappa shape index (κ1) is 17.8. The monoisotopic (exact) mass is 371 g/mol. The van der Waals surface area contributed by atoms with E-state index in [-0.39, 0.29) is 11.4 Å². The Bertz CT molecular complexity index is 731. The summed E-state index contributed by atoms with van der Waals surface area (Å²) in [5, 5.41) is 1.87. The molecule has 134 valence electrons. The summed E-state index contributed by atoms with van der Waals surface area (Å²) in [6.07, 6.45) is 2.00. The van der Waals surface area contributed by atoms with Gasteiger partial charge in [0.15, 0.2) is 0 Å². The highest BCUT2D eigenvalue weighted by atomic mass is 32.2. The average molecular weight is 372 g/mol. The van der Waals surface area contributed by atoms with E-state index in [1.807, 2.05) is 19.4 Å². The van der Waals surface area contributed by atoms with E-state index in [9.17, 15) is 13.2 Å². The summed E-state index contributed by atoms with van der Waals surface area (Å²) in [6, 6.07) is 1.75. The molecule has 3 heterocycles. The molecule has 1 aromatic heterocycles. The van der Waals surface area contributed by atoms with Crippen LogP contribution in [-0.2, 0) is 14.8 Å². The molecule has 2 fully saturated rings. The molecule has 2 aliphatic heterocycles. The zero-order valence-corrected chi connectivity index (χ0v) is 16.1. The van der Waals surface area contributed by atoms with Crippen molar-refractivity contribution in [1.82, 2.24) is 14.1 Å². The van der Waals surface area contributed by atoms with E-state index in [2.05, 4.69) is 11.9 Å². The van der Waals surface area contributed by atoms with Crippen molar-refractivity contribution in [3.63, 3.8) is 0 Å². The van der Waals surface area contributed by atoms with Crippen molar-refractivity contribution in [2.45, 2.75) is 35.9 Å². The van der Waals surface area contributed by atoms with Crippen molar-refractivity contribution in [2.24, 2.45) is 0 Å². The quantitative estimate of drug-likeness (QED) is 0.788. The summed E-state index contributed by atoms with van der Waals surface area (Å²) in [4.78, 5) is 16.0. The molecular formula is C16H25N3O3S2. The Morgan fingerprint density at radius 3 is 2.58 bits per heavy atom. The number of likely N-dealkylation sites (tertiary alicyclic amines) is 1. The summed E-state index contributed by atoms with van der Waals surface area (Å²) in [5.74, 6) is 0.147. The molecule has 0 unspecified atom stereocenters. The molecule has 1 atom stereocenters. The van der Waals surface area contributed by atoms with Gasteiger partial charge in [0.05, 0.1) is 0 Å². The topological polar surface area (TPSA) is 60.9 Å². The van der Waals surface area contributed by atoms with E-state index < -0.39 is 10.0 Å². The Morgan fingerprint density at radius 1 is 1.17 bits per heavy atom. The molecule has 0 aliphatic carbocycles. The minimum absolute atomic E-state index is 0.147. The van der Waals surface area contributed by atoms with Gasteiger partial charge < -0.3 is 4.90 Å². The molecule has 0 saturated carbocycles. The molecule has 3 rings (SSSR count). The Morgan fingerprint density at radius 2 is 1.92 bits per heavy atom. The van der Waals surface area contributed by atoms with Crippen molar-refractivity contribution < 1.29 is 13.2 Å². The minimum Gasteiger partial charge on any atom is -0.346 e. The number of piperazine rings is 1. The van der Waals surface area contributed by atoms with Crippen LogP contribution in [0.15, 0.2) is 15.7 Å². The van der Waals surface area contributed by atoms with Crippen LogP contribution in [0.4, 0.5) is 0 Å². The highest BCUT2D eigenvalue weighted by molar-refractivity contribution is 7.91. The number of hydrogen-bond donors (Lipinski definition) is 0. The van der Waals surface area contributed by atoms with E-state index in [1.165, 1.54) is 11.3 Å². The van der Waals surface area contributed by atoms with Gasteiger partial charge in [-0.15, -0.1) is 11.3 Å². The number of aryl methyl sites for hydroxylation is 1. The maximum atomic E-state index is 13.0. The number of carbonyl (C=O) groups is 1. The number of nitrogens with zero attached hydrogens (tertiary/aromatic N) is 3. The third kappa shape index (κ3) is 3.12. The van der Waals surface area contributed by atoms with E-state index >= 15 is 0 Å². The van der Waals surface area contributed by atoms with E-state index in [0.717, 1.165) is 12.0 Å². The van der Waals surface area contributed by atoms with Crippen LogP contribution in [0.3, 0.4) is 0 Å². The van der Waals surface area contributed by atoms with Gasteiger partial charge in [0.25, 0.3) is 10.0 Å². The third-order valence-corrected chi connectivity index (χ3v) is 8.79. The van der Waals surface area contributed by atoms with Crippen LogP contribution < -0.4 is 0 Å². The Labute approximate surface area is 148 Å². The van der Waals surface area contributed by atoms with Gasteiger partial charge in [-0.05, 0) is 43.8 Å². The average Bonchev–Trinajstić information content (AvgIpc) is 2.93. The number of carbonyl (C=O) groups excluding carboxylic acids is 1. The Balaban J connectivity index is 1.87. The van der Waals surface area contributed by atoms with E-state index in [0.29, 0.717) is 43.2 Å². The first-order valence-electron chi connectivity index (χ1n) is 8.25. The van der Waals surface area contributed by atoms with Crippen LogP contribution in [0.1, 0.15) is 24.8 Å². The van der Waals surface area contributed by atoms with Gasteiger partial charge in [0, 0.05) is 45.2 Å². The number of thiophene rings is 1. The third-order valence-electron chi connectivity index (χ3n) is 5.41. The molecule has 1 amide bonds. The lowest BCUT2D eigenvalue weighted by Gasteiger charge is -2.48. The molecule has 0 bridgehead atoms. The smallest absolute Gasteiger partial charge is 0.252 e. The highest BCUT2D eigenvalue weighted by Gasteiger charge is 2.45. The molecule has 1 aromatic rings. The number of rotatable bonds is 2. The molecule has 2 saturated heterocycles. The van der Waals surface area contributed by atoms with Crippen molar-refractivity contribution >= 4 is 27.3 Å². The maximum Gasteiger partial charge on any atom is 0.252 e. The molecule has 2 aliphatic rings. The van der Waals surface area contributed by atoms with Crippen molar-refractivity contribution in [2.75, 3.05) is 40.3 Å². The zero-order chi connectivity index (χ0) is 17.5. The lowest BCUT2D eigenvalue weighted by molar-refractivity contribution is -0.129. The summed E-state index contributed by atoms with van der Waals surface area (Å²) in [5.41, 5.74) is 0.724. The molecular weight excluding hydrogens is 346 g/mol. The van der Waals surface area contributed by atoms with Crippen LogP contribution in [0.5, 0.6) is 0 Å². The number of sulfonamides is 1. The van der Waals surface area contributed by atoms with Crippen LogP contribution in [0.25, 0.3) is 0 Å². The predicted octanol–water partition coefficient (Wildman–Crippen LogP) is 1.37. The molecule has 8 heteroatoms. The predicted molar refractivity (Wildman–Crippen MR) is 94.7 cm³/mol. The molecule has 0 radical (unpaired) electrons. The minimum atomic E-state index is -3.45. The van der Waals surface area contributed by atoms with E-state index in [4.69, 9.17) is 0 Å². The number of likely N-dealkylation sites (N-methyl/N-ethyl adjacent to an activating group) is 1. The first-order valence-corrected chi connectivity index (χ1v) is 10.6. The van der Waals surface area contributed by atoms with Gasteiger partial charge >= 0.3 is 0 Å². The highest BCUT2D eigenvalue weighted by Crippen LogP contribution is 2.34. The zero-order valence-electron chi connectivity index (χ0n) is 14.5. The summed E-state index contributed by atoms with van der Waals surface area (Å²) >= 11 is 1.29. The standard InChI is InChI=1S/C16H25N3O3S2/c1-13-10-15(23-11-13)24(21,22)19-9-8-18(3)16(12-19)5-4-14(20)17(2)7-6-16/h10-11H,4-9,12H2,1-3H3/t16-/m0/s1. The molecule has 0 N–H and O–H groups in total. The van der Waals surface area contributed by atoms with Gasteiger partial charge in [-0.1, -0.05) is 0 Å². The number of amides is 1. The second-order valence-corrected chi connectivity index (χ2v) is 10.1. The summed E-state index contributed by atoms with van der Waals surface area (Å²) in [7, 11) is 0.425. The van der Waals surface area contributed by atoms with Crippen LogP contribution in [0.2, 0.25) is 0 Å². The van der Waals surface area contributed by atoms with Gasteiger partial charge in [0.1, 0.15) is 4.21 Å². The van der Waals surface area contributed by atoms with Crippen LogP contribution in [-0.4, -0.2) is 74.2 Å². The second kappa shape index (κ2) is 6.40. The Kier molecular flexibility index (Phi) is 4.76. The first-order chi connectivity index (χ1) is 11.2. The molecule has 6 nitrogen and oxygen atoms in total. The van der Waals surface area contributed by atoms with Gasteiger partial charge in [-0.3, -0.25) is 9.69 Å². The fourth-order valence-electron chi connectivity index (χ4n) is 3.60.